The predicted molar refractivity (Wildman–Crippen MR) is 118 cm³/mol. The van der Waals surface area contributed by atoms with Crippen molar-refractivity contribution in [2.75, 3.05) is 6.54 Å². The lowest BCUT2D eigenvalue weighted by molar-refractivity contribution is -0.116. The van der Waals surface area contributed by atoms with Crippen LogP contribution in [0.1, 0.15) is 53.0 Å². The molecule has 1 aromatic rings. The van der Waals surface area contributed by atoms with Gasteiger partial charge in [0.1, 0.15) is 0 Å². The molecule has 1 rings (SSSR count). The largest absolute Gasteiger partial charge is 0.411 e. The van der Waals surface area contributed by atoms with Gasteiger partial charge in [0.15, 0.2) is 8.32 Å². The molecule has 3 nitrogen and oxygen atoms in total. The maximum atomic E-state index is 12.1. The number of aryl methyl sites for hydroxylation is 1. The zero-order valence-electron chi connectivity index (χ0n) is 18.3. The highest BCUT2D eigenvalue weighted by Gasteiger charge is 2.38. The minimum atomic E-state index is -1.90. The molecule has 0 saturated heterocycles. The Morgan fingerprint density at radius 1 is 1.15 bits per heavy atom. The van der Waals surface area contributed by atoms with Crippen molar-refractivity contribution in [3.05, 3.63) is 48.0 Å². The molecule has 0 fully saturated rings. The SMILES string of the molecule is CC(C)CCNC(=O)C=CC(CCc1ccccc1)O[Si](C)(C)C(C)(C)C. The average Bonchev–Trinajstić information content (AvgIpc) is 2.56. The molecule has 1 atom stereocenters. The third-order valence-electron chi connectivity index (χ3n) is 5.30. The molecular formula is C23H39NO2Si. The smallest absolute Gasteiger partial charge is 0.243 e. The lowest BCUT2D eigenvalue weighted by Crippen LogP contribution is -2.43. The quantitative estimate of drug-likeness (QED) is 0.410. The van der Waals surface area contributed by atoms with E-state index in [2.05, 4.69) is 77.3 Å². The van der Waals surface area contributed by atoms with Gasteiger partial charge in [0.25, 0.3) is 0 Å². The molecule has 0 aliphatic carbocycles. The lowest BCUT2D eigenvalue weighted by Gasteiger charge is -2.38. The summed E-state index contributed by atoms with van der Waals surface area (Å²) in [7, 11) is -1.90. The van der Waals surface area contributed by atoms with Crippen LogP contribution in [0.5, 0.6) is 0 Å². The average molecular weight is 390 g/mol. The summed E-state index contributed by atoms with van der Waals surface area (Å²) in [6.45, 7) is 16.3. The van der Waals surface area contributed by atoms with Gasteiger partial charge in [0, 0.05) is 12.6 Å². The Balaban J connectivity index is 2.74. The van der Waals surface area contributed by atoms with Gasteiger partial charge in [-0.25, -0.2) is 0 Å². The van der Waals surface area contributed by atoms with Crippen LogP contribution < -0.4 is 5.32 Å². The van der Waals surface area contributed by atoms with E-state index in [4.69, 9.17) is 4.43 Å². The Morgan fingerprint density at radius 2 is 1.78 bits per heavy atom. The Bertz CT molecular complexity index is 588. The second-order valence-electron chi connectivity index (χ2n) is 9.27. The van der Waals surface area contributed by atoms with Gasteiger partial charge in [0.05, 0.1) is 6.10 Å². The minimum Gasteiger partial charge on any atom is -0.411 e. The van der Waals surface area contributed by atoms with Crippen molar-refractivity contribution in [1.29, 1.82) is 0 Å². The molecule has 1 N–H and O–H groups in total. The molecule has 4 heteroatoms. The van der Waals surface area contributed by atoms with E-state index in [0.717, 1.165) is 25.8 Å². The van der Waals surface area contributed by atoms with E-state index in [1.807, 2.05) is 12.1 Å². The third-order valence-corrected chi connectivity index (χ3v) is 9.80. The van der Waals surface area contributed by atoms with E-state index in [1.165, 1.54) is 5.56 Å². The maximum Gasteiger partial charge on any atom is 0.243 e. The fourth-order valence-corrected chi connectivity index (χ4v) is 3.75. The molecule has 152 valence electrons. The molecule has 0 saturated carbocycles. The zero-order valence-corrected chi connectivity index (χ0v) is 19.3. The molecule has 27 heavy (non-hydrogen) atoms. The Morgan fingerprint density at radius 3 is 2.33 bits per heavy atom. The fraction of sp³-hybridized carbons (Fsp3) is 0.609. The normalized spacial score (nSPS) is 13.9. The first-order valence-electron chi connectivity index (χ1n) is 10.2. The van der Waals surface area contributed by atoms with E-state index in [-0.39, 0.29) is 17.0 Å². The number of amides is 1. The molecule has 0 heterocycles. The summed E-state index contributed by atoms with van der Waals surface area (Å²) in [4.78, 5) is 12.1. The summed E-state index contributed by atoms with van der Waals surface area (Å²) in [6, 6.07) is 10.5. The van der Waals surface area contributed by atoms with E-state index < -0.39 is 8.32 Å². The fourth-order valence-electron chi connectivity index (χ4n) is 2.44. The minimum absolute atomic E-state index is 0.0285. The van der Waals surface area contributed by atoms with Crippen LogP contribution in [0.3, 0.4) is 0 Å². The summed E-state index contributed by atoms with van der Waals surface area (Å²) < 4.78 is 6.59. The van der Waals surface area contributed by atoms with Gasteiger partial charge in [-0.3, -0.25) is 4.79 Å². The van der Waals surface area contributed by atoms with Crippen molar-refractivity contribution in [2.24, 2.45) is 5.92 Å². The summed E-state index contributed by atoms with van der Waals surface area (Å²) in [5.74, 6) is 0.564. The summed E-state index contributed by atoms with van der Waals surface area (Å²) in [5.41, 5.74) is 1.30. The number of hydrogen-bond acceptors (Lipinski definition) is 2. The molecule has 1 aromatic carbocycles. The molecule has 1 unspecified atom stereocenters. The highest BCUT2D eigenvalue weighted by molar-refractivity contribution is 6.74. The molecule has 0 aliphatic rings. The van der Waals surface area contributed by atoms with Crippen molar-refractivity contribution in [2.45, 2.75) is 78.1 Å². The van der Waals surface area contributed by atoms with Crippen LogP contribution in [0.15, 0.2) is 42.5 Å². The van der Waals surface area contributed by atoms with Crippen LogP contribution in [-0.4, -0.2) is 26.9 Å². The van der Waals surface area contributed by atoms with Gasteiger partial charge in [-0.15, -0.1) is 0 Å². The Hall–Kier alpha value is -1.39. The van der Waals surface area contributed by atoms with E-state index >= 15 is 0 Å². The van der Waals surface area contributed by atoms with Crippen LogP contribution in [0.2, 0.25) is 18.1 Å². The van der Waals surface area contributed by atoms with E-state index in [9.17, 15) is 4.79 Å². The monoisotopic (exact) mass is 389 g/mol. The second-order valence-corrected chi connectivity index (χ2v) is 14.0. The van der Waals surface area contributed by atoms with Crippen LogP contribution >= 0.6 is 0 Å². The first-order valence-corrected chi connectivity index (χ1v) is 13.1. The summed E-state index contributed by atoms with van der Waals surface area (Å²) in [6.07, 6.45) is 6.39. The van der Waals surface area contributed by atoms with Crippen LogP contribution in [0, 0.1) is 5.92 Å². The van der Waals surface area contributed by atoms with Crippen LogP contribution in [0.25, 0.3) is 0 Å². The topological polar surface area (TPSA) is 38.3 Å². The van der Waals surface area contributed by atoms with Crippen molar-refractivity contribution in [1.82, 2.24) is 5.32 Å². The third kappa shape index (κ3) is 9.38. The summed E-state index contributed by atoms with van der Waals surface area (Å²) in [5, 5.41) is 3.11. The number of carbonyl (C=O) groups is 1. The highest BCUT2D eigenvalue weighted by Crippen LogP contribution is 2.37. The van der Waals surface area contributed by atoms with Crippen LogP contribution in [0.4, 0.5) is 0 Å². The van der Waals surface area contributed by atoms with Gasteiger partial charge in [-0.1, -0.05) is 71.0 Å². The highest BCUT2D eigenvalue weighted by atomic mass is 28.4. The molecule has 0 aromatic heterocycles. The van der Waals surface area contributed by atoms with Gasteiger partial charge >= 0.3 is 0 Å². The number of carbonyl (C=O) groups excluding carboxylic acids is 1. The van der Waals surface area contributed by atoms with Crippen molar-refractivity contribution in [3.63, 3.8) is 0 Å². The molecule has 1 amide bonds. The Labute approximate surface area is 167 Å². The Kier molecular flexibility index (Phi) is 9.47. The van der Waals surface area contributed by atoms with Gasteiger partial charge in [-0.2, -0.15) is 0 Å². The van der Waals surface area contributed by atoms with E-state index in [1.54, 1.807) is 6.08 Å². The maximum absolute atomic E-state index is 12.1. The number of hydrogen-bond donors (Lipinski definition) is 1. The van der Waals surface area contributed by atoms with Gasteiger partial charge in [-0.05, 0) is 48.9 Å². The second kappa shape index (κ2) is 10.8. The molecule has 0 spiro atoms. The predicted octanol–water partition coefficient (Wildman–Crippen LogP) is 5.73. The van der Waals surface area contributed by atoms with E-state index in [0.29, 0.717) is 5.92 Å². The molecular weight excluding hydrogens is 350 g/mol. The standard InChI is InChI=1S/C23H39NO2Si/c1-19(2)17-18-24-22(25)16-15-21(26-27(6,7)23(3,4)5)14-13-20-11-9-8-10-12-20/h8-12,15-16,19,21H,13-14,17-18H2,1-7H3,(H,24,25). The van der Waals surface area contributed by atoms with Gasteiger partial charge < -0.3 is 9.74 Å². The van der Waals surface area contributed by atoms with Gasteiger partial charge in [0.2, 0.25) is 5.91 Å². The lowest BCUT2D eigenvalue weighted by atomic mass is 10.1. The van der Waals surface area contributed by atoms with Crippen LogP contribution in [-0.2, 0) is 15.6 Å². The molecule has 0 radical (unpaired) electrons. The van der Waals surface area contributed by atoms with Crippen molar-refractivity contribution in [3.8, 4) is 0 Å². The molecule has 0 bridgehead atoms. The number of nitrogens with one attached hydrogen (secondary N) is 1. The first kappa shape index (κ1) is 23.6. The van der Waals surface area contributed by atoms with Crippen molar-refractivity contribution >= 4 is 14.2 Å². The first-order chi connectivity index (χ1) is 12.5. The number of rotatable bonds is 10. The number of benzene rings is 1. The van der Waals surface area contributed by atoms with Crippen molar-refractivity contribution < 1.29 is 9.22 Å². The zero-order chi connectivity index (χ0) is 20.5. The molecule has 0 aliphatic heterocycles. The summed E-state index contributed by atoms with van der Waals surface area (Å²) >= 11 is 0.